The van der Waals surface area contributed by atoms with E-state index in [4.69, 9.17) is 27.2 Å². The van der Waals surface area contributed by atoms with Crippen molar-refractivity contribution in [2.45, 2.75) is 38.3 Å². The highest BCUT2D eigenvalue weighted by Gasteiger charge is 2.15. The molecule has 0 aliphatic heterocycles. The molecule has 0 heterocycles. The molecule has 2 rings (SSSR count). The highest BCUT2D eigenvalue weighted by molar-refractivity contribution is 6.31. The van der Waals surface area contributed by atoms with E-state index in [1.807, 2.05) is 0 Å². The van der Waals surface area contributed by atoms with Crippen LogP contribution in [-0.4, -0.2) is 35.7 Å². The Hall–Kier alpha value is -3.10. The van der Waals surface area contributed by atoms with Gasteiger partial charge in [-0.15, -0.1) is 0 Å². The van der Waals surface area contributed by atoms with Gasteiger partial charge in [0.2, 0.25) is 5.91 Å². The Bertz CT molecular complexity index is 906. The standard InChI is InChI=1S/C22H26ClN3O5/c23-17-8-3-1-7-16(17)14-31-22(30)25-13-5-9-18(24)21(29)26-19-10-4-2-6-15(19)11-12-20(27)28/h1-4,6-8,10,18H,5,9,11-14,24H2,(H,25,30)(H,26,29)(H,27,28)/t18-/m0/s1. The van der Waals surface area contributed by atoms with E-state index in [-0.39, 0.29) is 18.9 Å². The van der Waals surface area contributed by atoms with Gasteiger partial charge >= 0.3 is 12.1 Å². The smallest absolute Gasteiger partial charge is 0.407 e. The van der Waals surface area contributed by atoms with E-state index in [1.54, 1.807) is 48.5 Å². The molecule has 2 aromatic rings. The number of aliphatic carboxylic acids is 1. The number of nitrogens with one attached hydrogen (secondary N) is 2. The van der Waals surface area contributed by atoms with Crippen LogP contribution in [0.25, 0.3) is 0 Å². The topological polar surface area (TPSA) is 131 Å². The maximum absolute atomic E-state index is 12.3. The lowest BCUT2D eigenvalue weighted by Gasteiger charge is -2.15. The first-order valence-corrected chi connectivity index (χ1v) is 10.2. The first-order valence-electron chi connectivity index (χ1n) is 9.87. The monoisotopic (exact) mass is 447 g/mol. The molecule has 2 aromatic carbocycles. The van der Waals surface area contributed by atoms with E-state index in [2.05, 4.69) is 10.6 Å². The van der Waals surface area contributed by atoms with Crippen molar-refractivity contribution >= 4 is 35.3 Å². The molecule has 166 valence electrons. The van der Waals surface area contributed by atoms with E-state index in [0.29, 0.717) is 42.1 Å². The molecule has 0 fully saturated rings. The van der Waals surface area contributed by atoms with Gasteiger partial charge in [0.15, 0.2) is 0 Å². The van der Waals surface area contributed by atoms with Crippen LogP contribution < -0.4 is 16.4 Å². The molecule has 0 bridgehead atoms. The number of nitrogens with two attached hydrogens (primary N) is 1. The lowest BCUT2D eigenvalue weighted by molar-refractivity contribution is -0.137. The number of anilines is 1. The second-order valence-corrected chi connectivity index (χ2v) is 7.29. The van der Waals surface area contributed by atoms with Crippen molar-refractivity contribution in [3.63, 3.8) is 0 Å². The molecule has 0 unspecified atom stereocenters. The summed E-state index contributed by atoms with van der Waals surface area (Å²) in [5.74, 6) is -1.28. The van der Waals surface area contributed by atoms with Crippen LogP contribution in [0.1, 0.15) is 30.4 Å². The summed E-state index contributed by atoms with van der Waals surface area (Å²) in [6, 6.07) is 13.3. The molecule has 0 aliphatic rings. The molecule has 0 saturated carbocycles. The third-order valence-electron chi connectivity index (χ3n) is 4.50. The Labute approximate surface area is 185 Å². The Kier molecular flexibility index (Phi) is 9.80. The van der Waals surface area contributed by atoms with Gasteiger partial charge in [-0.1, -0.05) is 48.0 Å². The average Bonchev–Trinajstić information content (AvgIpc) is 2.75. The summed E-state index contributed by atoms with van der Waals surface area (Å²) >= 11 is 6.01. The number of alkyl carbamates (subject to hydrolysis) is 1. The fraction of sp³-hybridized carbons (Fsp3) is 0.318. The zero-order chi connectivity index (χ0) is 22.6. The van der Waals surface area contributed by atoms with Gasteiger partial charge in [-0.3, -0.25) is 9.59 Å². The van der Waals surface area contributed by atoms with Crippen molar-refractivity contribution in [1.29, 1.82) is 0 Å². The zero-order valence-corrected chi connectivity index (χ0v) is 17.7. The van der Waals surface area contributed by atoms with Gasteiger partial charge < -0.3 is 26.2 Å². The quantitative estimate of drug-likeness (QED) is 0.391. The summed E-state index contributed by atoms with van der Waals surface area (Å²) in [6.07, 6.45) is 0.535. The van der Waals surface area contributed by atoms with Crippen molar-refractivity contribution in [1.82, 2.24) is 5.32 Å². The van der Waals surface area contributed by atoms with Crippen LogP contribution in [0.2, 0.25) is 5.02 Å². The number of benzene rings is 2. The molecular weight excluding hydrogens is 422 g/mol. The van der Waals surface area contributed by atoms with Crippen molar-refractivity contribution in [2.75, 3.05) is 11.9 Å². The van der Waals surface area contributed by atoms with E-state index >= 15 is 0 Å². The molecule has 1 atom stereocenters. The van der Waals surface area contributed by atoms with Gasteiger partial charge in [-0.25, -0.2) is 4.79 Å². The largest absolute Gasteiger partial charge is 0.481 e. The molecule has 2 amide bonds. The van der Waals surface area contributed by atoms with Crippen LogP contribution in [-0.2, 0) is 27.4 Å². The predicted octanol–water partition coefficient (Wildman–Crippen LogP) is 3.33. The van der Waals surface area contributed by atoms with E-state index in [1.165, 1.54) is 0 Å². The lowest BCUT2D eigenvalue weighted by Crippen LogP contribution is -2.36. The van der Waals surface area contributed by atoms with Crippen molar-refractivity contribution < 1.29 is 24.2 Å². The average molecular weight is 448 g/mol. The molecule has 8 nitrogen and oxygen atoms in total. The SMILES string of the molecule is N[C@@H](CCCNC(=O)OCc1ccccc1Cl)C(=O)Nc1ccccc1CCC(=O)O. The van der Waals surface area contributed by atoms with Crippen LogP contribution in [0.15, 0.2) is 48.5 Å². The first kappa shape index (κ1) is 24.2. The fourth-order valence-corrected chi connectivity index (χ4v) is 2.97. The Morgan fingerprint density at radius 2 is 1.74 bits per heavy atom. The summed E-state index contributed by atoms with van der Waals surface area (Å²) in [5, 5.41) is 14.7. The second kappa shape index (κ2) is 12.6. The fourth-order valence-electron chi connectivity index (χ4n) is 2.78. The summed E-state index contributed by atoms with van der Waals surface area (Å²) in [7, 11) is 0. The summed E-state index contributed by atoms with van der Waals surface area (Å²) in [4.78, 5) is 34.9. The van der Waals surface area contributed by atoms with E-state index in [9.17, 15) is 14.4 Å². The third-order valence-corrected chi connectivity index (χ3v) is 4.87. The molecule has 5 N–H and O–H groups in total. The summed E-state index contributed by atoms with van der Waals surface area (Å²) in [5.41, 5.74) is 7.93. The minimum Gasteiger partial charge on any atom is -0.481 e. The van der Waals surface area contributed by atoms with Crippen LogP contribution in [0.4, 0.5) is 10.5 Å². The normalized spacial score (nSPS) is 11.4. The maximum atomic E-state index is 12.3. The summed E-state index contributed by atoms with van der Waals surface area (Å²) < 4.78 is 5.11. The number of aryl methyl sites for hydroxylation is 1. The number of carboxylic acids is 1. The number of amides is 2. The Balaban J connectivity index is 1.70. The molecule has 0 radical (unpaired) electrons. The zero-order valence-electron chi connectivity index (χ0n) is 17.0. The van der Waals surface area contributed by atoms with Gasteiger partial charge in [0, 0.05) is 29.2 Å². The van der Waals surface area contributed by atoms with Gasteiger partial charge in [0.25, 0.3) is 0 Å². The van der Waals surface area contributed by atoms with Gasteiger partial charge in [-0.05, 0) is 37.0 Å². The highest BCUT2D eigenvalue weighted by atomic mass is 35.5. The van der Waals surface area contributed by atoms with Crippen LogP contribution in [0, 0.1) is 0 Å². The van der Waals surface area contributed by atoms with Crippen LogP contribution in [0.5, 0.6) is 0 Å². The number of hydrogen-bond acceptors (Lipinski definition) is 5. The summed E-state index contributed by atoms with van der Waals surface area (Å²) in [6.45, 7) is 0.367. The number of hydrogen-bond donors (Lipinski definition) is 4. The van der Waals surface area contributed by atoms with Gasteiger partial charge in [-0.2, -0.15) is 0 Å². The Morgan fingerprint density at radius 1 is 1.06 bits per heavy atom. The highest BCUT2D eigenvalue weighted by Crippen LogP contribution is 2.18. The first-order chi connectivity index (χ1) is 14.9. The molecule has 9 heteroatoms. The number of halogens is 1. The number of carbonyl (C=O) groups is 3. The molecule has 0 spiro atoms. The van der Waals surface area contributed by atoms with Crippen molar-refractivity contribution in [3.8, 4) is 0 Å². The van der Waals surface area contributed by atoms with E-state index in [0.717, 1.165) is 5.56 Å². The number of ether oxygens (including phenoxy) is 1. The Morgan fingerprint density at radius 3 is 2.45 bits per heavy atom. The number of carbonyl (C=O) groups excluding carboxylic acids is 2. The third kappa shape index (κ3) is 8.65. The lowest BCUT2D eigenvalue weighted by atomic mass is 10.1. The van der Waals surface area contributed by atoms with Crippen molar-refractivity contribution in [3.05, 3.63) is 64.7 Å². The van der Waals surface area contributed by atoms with Gasteiger partial charge in [0.05, 0.1) is 6.04 Å². The molecular formula is C22H26ClN3O5. The van der Waals surface area contributed by atoms with E-state index < -0.39 is 18.1 Å². The number of para-hydroxylation sites is 1. The number of carboxylic acid groups (broad SMARTS) is 1. The number of rotatable bonds is 11. The van der Waals surface area contributed by atoms with Crippen LogP contribution >= 0.6 is 11.6 Å². The maximum Gasteiger partial charge on any atom is 0.407 e. The predicted molar refractivity (Wildman–Crippen MR) is 118 cm³/mol. The van der Waals surface area contributed by atoms with Gasteiger partial charge in [0.1, 0.15) is 6.61 Å². The molecule has 0 aliphatic carbocycles. The molecule has 0 aromatic heterocycles. The van der Waals surface area contributed by atoms with Crippen molar-refractivity contribution in [2.24, 2.45) is 5.73 Å². The minimum absolute atomic E-state index is 0.0306. The molecule has 0 saturated heterocycles. The van der Waals surface area contributed by atoms with Crippen LogP contribution in [0.3, 0.4) is 0 Å². The second-order valence-electron chi connectivity index (χ2n) is 6.88. The molecule has 31 heavy (non-hydrogen) atoms. The minimum atomic E-state index is -0.907.